The first-order chi connectivity index (χ1) is 10.1. The average Bonchev–Trinajstić information content (AvgIpc) is 2.47. The number of anilines is 1. The van der Waals surface area contributed by atoms with Crippen LogP contribution in [-0.4, -0.2) is 44.0 Å². The van der Waals surface area contributed by atoms with E-state index < -0.39 is 10.2 Å². The van der Waals surface area contributed by atoms with Crippen molar-refractivity contribution < 1.29 is 13.2 Å². The highest BCUT2D eigenvalue weighted by Crippen LogP contribution is 2.25. The summed E-state index contributed by atoms with van der Waals surface area (Å²) in [5.74, 6) is 0. The molecule has 1 aliphatic heterocycles. The molecule has 2 aromatic rings. The Labute approximate surface area is 123 Å². The van der Waals surface area contributed by atoms with Crippen LogP contribution in [0.15, 0.2) is 30.5 Å². The second kappa shape index (κ2) is 5.59. The second-order valence-electron chi connectivity index (χ2n) is 5.01. The van der Waals surface area contributed by atoms with Crippen LogP contribution in [0.2, 0.25) is 0 Å². The van der Waals surface area contributed by atoms with Gasteiger partial charge in [-0.1, -0.05) is 6.07 Å². The van der Waals surface area contributed by atoms with E-state index in [0.29, 0.717) is 37.5 Å². The van der Waals surface area contributed by atoms with Crippen molar-refractivity contribution in [3.05, 3.63) is 36.0 Å². The zero-order valence-electron chi connectivity index (χ0n) is 11.7. The molecule has 0 unspecified atom stereocenters. The molecule has 0 saturated carbocycles. The maximum Gasteiger partial charge on any atom is 0.301 e. The Bertz CT molecular complexity index is 755. The van der Waals surface area contributed by atoms with Gasteiger partial charge in [-0.05, 0) is 30.7 Å². The van der Waals surface area contributed by atoms with Gasteiger partial charge in [-0.25, -0.2) is 0 Å². The monoisotopic (exact) mass is 307 g/mol. The fourth-order valence-electron chi connectivity index (χ4n) is 2.41. The SMILES string of the molecule is Cc1cc(NS(=O)(=O)N2CCOCC2)c2ncccc2c1. The molecule has 3 rings (SSSR count). The van der Waals surface area contributed by atoms with Crippen LogP contribution in [0.4, 0.5) is 5.69 Å². The molecule has 0 spiro atoms. The summed E-state index contributed by atoms with van der Waals surface area (Å²) in [5, 5.41) is 0.914. The lowest BCUT2D eigenvalue weighted by atomic mass is 10.1. The van der Waals surface area contributed by atoms with E-state index in [1.54, 1.807) is 12.3 Å². The summed E-state index contributed by atoms with van der Waals surface area (Å²) in [5.41, 5.74) is 2.15. The number of hydrogen-bond donors (Lipinski definition) is 1. The van der Waals surface area contributed by atoms with E-state index in [0.717, 1.165) is 10.9 Å². The Morgan fingerprint density at radius 2 is 2.05 bits per heavy atom. The molecule has 1 aromatic heterocycles. The van der Waals surface area contributed by atoms with Crippen molar-refractivity contribution in [2.24, 2.45) is 0 Å². The molecule has 2 heterocycles. The summed E-state index contributed by atoms with van der Waals surface area (Å²) < 4.78 is 34.1. The lowest BCUT2D eigenvalue weighted by molar-refractivity contribution is 0.0733. The van der Waals surface area contributed by atoms with Crippen molar-refractivity contribution in [3.8, 4) is 0 Å². The van der Waals surface area contributed by atoms with Gasteiger partial charge in [-0.15, -0.1) is 0 Å². The molecule has 1 aromatic carbocycles. The summed E-state index contributed by atoms with van der Waals surface area (Å²) in [6.07, 6.45) is 1.66. The van der Waals surface area contributed by atoms with Crippen molar-refractivity contribution >= 4 is 26.8 Å². The first-order valence-corrected chi connectivity index (χ1v) is 8.21. The third-order valence-electron chi connectivity index (χ3n) is 3.40. The molecule has 1 N–H and O–H groups in total. The van der Waals surface area contributed by atoms with Crippen molar-refractivity contribution in [1.82, 2.24) is 9.29 Å². The summed E-state index contributed by atoms with van der Waals surface area (Å²) in [7, 11) is -3.58. The van der Waals surface area contributed by atoms with Gasteiger partial charge in [0.25, 0.3) is 0 Å². The summed E-state index contributed by atoms with van der Waals surface area (Å²) in [6.45, 7) is 3.51. The first kappa shape index (κ1) is 14.2. The normalized spacial score (nSPS) is 17.0. The zero-order chi connectivity index (χ0) is 14.9. The number of aromatic nitrogens is 1. The molecule has 0 aliphatic carbocycles. The van der Waals surface area contributed by atoms with E-state index in [1.165, 1.54) is 4.31 Å². The number of pyridine rings is 1. The first-order valence-electron chi connectivity index (χ1n) is 6.77. The number of nitrogens with zero attached hydrogens (tertiary/aromatic N) is 2. The number of morpholine rings is 1. The van der Waals surface area contributed by atoms with Crippen LogP contribution in [0.25, 0.3) is 10.9 Å². The van der Waals surface area contributed by atoms with Gasteiger partial charge < -0.3 is 4.74 Å². The third-order valence-corrected chi connectivity index (χ3v) is 4.92. The van der Waals surface area contributed by atoms with Gasteiger partial charge >= 0.3 is 10.2 Å². The number of nitrogens with one attached hydrogen (secondary N) is 1. The minimum atomic E-state index is -3.58. The average molecular weight is 307 g/mol. The molecule has 0 amide bonds. The van der Waals surface area contributed by atoms with Gasteiger partial charge in [0.15, 0.2) is 0 Å². The maximum absolute atomic E-state index is 12.4. The van der Waals surface area contributed by atoms with Crippen molar-refractivity contribution in [3.63, 3.8) is 0 Å². The van der Waals surface area contributed by atoms with Gasteiger partial charge in [0, 0.05) is 24.7 Å². The smallest absolute Gasteiger partial charge is 0.301 e. The molecule has 7 heteroatoms. The third kappa shape index (κ3) is 2.99. The molecule has 1 saturated heterocycles. The number of fused-ring (bicyclic) bond motifs is 1. The standard InChI is InChI=1S/C14H17N3O3S/c1-11-9-12-3-2-4-15-14(12)13(10-11)16-21(18,19)17-5-7-20-8-6-17/h2-4,9-10,16H,5-8H2,1H3. The highest BCUT2D eigenvalue weighted by Gasteiger charge is 2.24. The Balaban J connectivity index is 1.97. The fraction of sp³-hybridized carbons (Fsp3) is 0.357. The molecule has 1 aliphatic rings. The summed E-state index contributed by atoms with van der Waals surface area (Å²) in [6, 6.07) is 7.53. The van der Waals surface area contributed by atoms with Crippen LogP contribution < -0.4 is 4.72 Å². The molecule has 0 bridgehead atoms. The predicted octanol–water partition coefficient (Wildman–Crippen LogP) is 1.53. The molecule has 0 atom stereocenters. The van der Waals surface area contributed by atoms with E-state index in [9.17, 15) is 8.42 Å². The van der Waals surface area contributed by atoms with Gasteiger partial charge in [-0.3, -0.25) is 9.71 Å². The van der Waals surface area contributed by atoms with Gasteiger partial charge in [0.2, 0.25) is 0 Å². The van der Waals surface area contributed by atoms with Crippen LogP contribution in [0, 0.1) is 6.92 Å². The lowest BCUT2D eigenvalue weighted by Gasteiger charge is -2.26. The molecular weight excluding hydrogens is 290 g/mol. The van der Waals surface area contributed by atoms with Crippen molar-refractivity contribution in [2.45, 2.75) is 6.92 Å². The quantitative estimate of drug-likeness (QED) is 0.933. The predicted molar refractivity (Wildman–Crippen MR) is 81.4 cm³/mol. The van der Waals surface area contributed by atoms with E-state index in [-0.39, 0.29) is 0 Å². The fourth-order valence-corrected chi connectivity index (χ4v) is 3.60. The summed E-state index contributed by atoms with van der Waals surface area (Å²) >= 11 is 0. The number of benzene rings is 1. The van der Waals surface area contributed by atoms with E-state index in [2.05, 4.69) is 9.71 Å². The van der Waals surface area contributed by atoms with Crippen molar-refractivity contribution in [2.75, 3.05) is 31.0 Å². The molecule has 0 radical (unpaired) electrons. The summed E-state index contributed by atoms with van der Waals surface area (Å²) in [4.78, 5) is 4.28. The Morgan fingerprint density at radius 1 is 1.29 bits per heavy atom. The highest BCUT2D eigenvalue weighted by molar-refractivity contribution is 7.90. The van der Waals surface area contributed by atoms with Crippen molar-refractivity contribution in [1.29, 1.82) is 0 Å². The van der Waals surface area contributed by atoms with E-state index in [1.807, 2.05) is 25.1 Å². The minimum Gasteiger partial charge on any atom is -0.379 e. The Kier molecular flexibility index (Phi) is 3.79. The Morgan fingerprint density at radius 3 is 2.81 bits per heavy atom. The molecule has 1 fully saturated rings. The van der Waals surface area contributed by atoms with E-state index in [4.69, 9.17) is 4.74 Å². The molecular formula is C14H17N3O3S. The van der Waals surface area contributed by atoms with Gasteiger partial charge in [-0.2, -0.15) is 12.7 Å². The molecule has 112 valence electrons. The number of rotatable bonds is 3. The molecule has 6 nitrogen and oxygen atoms in total. The maximum atomic E-state index is 12.4. The van der Waals surface area contributed by atoms with Gasteiger partial charge in [0.05, 0.1) is 24.4 Å². The highest BCUT2D eigenvalue weighted by atomic mass is 32.2. The van der Waals surface area contributed by atoms with Crippen LogP contribution in [-0.2, 0) is 14.9 Å². The van der Waals surface area contributed by atoms with Crippen LogP contribution >= 0.6 is 0 Å². The van der Waals surface area contributed by atoms with Gasteiger partial charge in [0.1, 0.15) is 0 Å². The number of ether oxygens (including phenoxy) is 1. The molecule has 21 heavy (non-hydrogen) atoms. The minimum absolute atomic E-state index is 0.368. The van der Waals surface area contributed by atoms with Crippen LogP contribution in [0.3, 0.4) is 0 Å². The lowest BCUT2D eigenvalue weighted by Crippen LogP contribution is -2.43. The van der Waals surface area contributed by atoms with E-state index >= 15 is 0 Å². The largest absolute Gasteiger partial charge is 0.379 e. The number of hydrogen-bond acceptors (Lipinski definition) is 4. The second-order valence-corrected chi connectivity index (χ2v) is 6.68. The van der Waals surface area contributed by atoms with Crippen LogP contribution in [0.1, 0.15) is 5.56 Å². The zero-order valence-corrected chi connectivity index (χ0v) is 12.6. The number of aryl methyl sites for hydroxylation is 1. The topological polar surface area (TPSA) is 71.5 Å². The van der Waals surface area contributed by atoms with Crippen LogP contribution in [0.5, 0.6) is 0 Å². The Hall–Kier alpha value is -1.70.